The van der Waals surface area contributed by atoms with Crippen LogP contribution in [0.3, 0.4) is 0 Å². The van der Waals surface area contributed by atoms with Gasteiger partial charge in [0.1, 0.15) is 22.3 Å². The first-order valence-electron chi connectivity index (χ1n) is 28.6. The monoisotopic (exact) mass is 1090 g/mol. The van der Waals surface area contributed by atoms with Gasteiger partial charge in [0.25, 0.3) is 6.71 Å². The van der Waals surface area contributed by atoms with Crippen molar-refractivity contribution in [2.75, 3.05) is 9.80 Å². The van der Waals surface area contributed by atoms with E-state index >= 15 is 0 Å². The Morgan fingerprint density at radius 2 is 0.607 bits per heavy atom. The number of furan rings is 2. The minimum atomic E-state index is -0.293. The van der Waals surface area contributed by atoms with Crippen LogP contribution in [0.15, 0.2) is 300 Å². The van der Waals surface area contributed by atoms with Crippen molar-refractivity contribution in [2.24, 2.45) is 0 Å². The molecule has 0 aliphatic carbocycles. The molecule has 2 aliphatic rings. The molecule has 0 saturated carbocycles. The molecule has 0 unspecified atom stereocenters. The highest BCUT2D eigenvalue weighted by Gasteiger charge is 2.45. The average molecular weight is 1090 g/mol. The normalized spacial score (nSPS) is 12.5. The maximum absolute atomic E-state index is 7.84. The Kier molecular flexibility index (Phi) is 11.1. The van der Waals surface area contributed by atoms with E-state index in [1.807, 2.05) is 12.1 Å². The lowest BCUT2D eigenvalue weighted by Crippen LogP contribution is -2.61. The smallest absolute Gasteiger partial charge is 0.252 e. The van der Waals surface area contributed by atoms with Crippen molar-refractivity contribution in [1.82, 2.24) is 0 Å². The molecule has 15 aromatic rings. The van der Waals surface area contributed by atoms with Crippen molar-refractivity contribution in [1.29, 1.82) is 0 Å². The van der Waals surface area contributed by atoms with Gasteiger partial charge in [-0.1, -0.05) is 254 Å². The lowest BCUT2D eigenvalue weighted by atomic mass is 9.33. The van der Waals surface area contributed by atoms with Crippen LogP contribution in [0, 0.1) is 0 Å². The molecule has 4 heterocycles. The third-order valence-corrected chi connectivity index (χ3v) is 17.5. The SMILES string of the molecule is Clc1cc2c3c(c1)N(c1c(-c4ccccc4)cccc1-c1ccccc1)c1ccc(-c4cccc5oc6ccccc6c45)cc1B3c1cc(-c3cccc4oc5ccccc5c34)ccc1N2c1c(-c2ccccc2)cccc1-c1ccccc1. The molecule has 84 heavy (non-hydrogen) atoms. The summed E-state index contributed by atoms with van der Waals surface area (Å²) in [6.45, 7) is -0.293. The van der Waals surface area contributed by atoms with Crippen molar-refractivity contribution < 1.29 is 8.83 Å². The highest BCUT2D eigenvalue weighted by molar-refractivity contribution is 7.00. The Balaban J connectivity index is 1.03. The molecule has 2 aromatic heterocycles. The van der Waals surface area contributed by atoms with E-state index in [4.69, 9.17) is 20.4 Å². The van der Waals surface area contributed by atoms with E-state index in [0.29, 0.717) is 5.02 Å². The predicted octanol–water partition coefficient (Wildman–Crippen LogP) is 20.2. The lowest BCUT2D eigenvalue weighted by Gasteiger charge is -2.46. The first-order valence-corrected chi connectivity index (χ1v) is 29.0. The Labute approximate surface area is 491 Å². The highest BCUT2D eigenvalue weighted by atomic mass is 35.5. The summed E-state index contributed by atoms with van der Waals surface area (Å²) < 4.78 is 13.2. The third-order valence-electron chi connectivity index (χ3n) is 17.3. The number of anilines is 6. The molecule has 0 saturated heterocycles. The summed E-state index contributed by atoms with van der Waals surface area (Å²) in [7, 11) is 0. The first kappa shape index (κ1) is 48.2. The predicted molar refractivity (Wildman–Crippen MR) is 353 cm³/mol. The Bertz CT molecular complexity index is 4680. The van der Waals surface area contributed by atoms with Gasteiger partial charge in [-0.3, -0.25) is 0 Å². The first-order chi connectivity index (χ1) is 41.6. The van der Waals surface area contributed by atoms with E-state index in [2.05, 4.69) is 289 Å². The standard InChI is InChI=1S/C78H48BClN2O2/c80-55-47-68-76-69(48-55)82(78-60(51-25-9-3-10-26-51)35-18-36-61(78)52-27-11-4-12-28-52)67-44-42-54(57-32-20-40-73-75(57)63-30-14-16-38-71(63)84-73)46-65(67)79(76)64-45-53(56-31-19-39-72-74(56)62-29-13-15-37-70(62)83-72)41-43-66(64)81(68)77-58(49-21-5-1-6-22-49)33-17-34-59(77)50-23-7-2-8-24-50/h1-48H. The largest absolute Gasteiger partial charge is 0.456 e. The Hall–Kier alpha value is -10.6. The molecule has 0 atom stereocenters. The molecular weight excluding hydrogens is 1040 g/mol. The molecule has 6 heteroatoms. The third kappa shape index (κ3) is 7.49. The Morgan fingerprint density at radius 1 is 0.274 bits per heavy atom. The molecule has 17 rings (SSSR count). The van der Waals surface area contributed by atoms with Gasteiger partial charge in [-0.2, -0.15) is 0 Å². The molecule has 4 nitrogen and oxygen atoms in total. The fourth-order valence-electron chi connectivity index (χ4n) is 13.8. The van der Waals surface area contributed by atoms with E-state index in [-0.39, 0.29) is 6.71 Å². The second-order valence-electron chi connectivity index (χ2n) is 21.9. The van der Waals surface area contributed by atoms with Gasteiger partial charge >= 0.3 is 0 Å². The topological polar surface area (TPSA) is 32.8 Å². The molecule has 392 valence electrons. The van der Waals surface area contributed by atoms with Crippen LogP contribution >= 0.6 is 11.6 Å². The van der Waals surface area contributed by atoms with Gasteiger partial charge in [-0.05, 0) is 109 Å². The van der Waals surface area contributed by atoms with Gasteiger partial charge in [0, 0.05) is 71.6 Å². The van der Waals surface area contributed by atoms with Gasteiger partial charge in [0.2, 0.25) is 0 Å². The fraction of sp³-hybridized carbons (Fsp3) is 0. The molecule has 0 spiro atoms. The van der Waals surface area contributed by atoms with Crippen LogP contribution in [-0.2, 0) is 0 Å². The molecule has 0 amide bonds. The number of benzene rings is 13. The number of hydrogen-bond acceptors (Lipinski definition) is 4. The molecular formula is C78H48BClN2O2. The van der Waals surface area contributed by atoms with Crippen molar-refractivity contribution in [3.8, 4) is 66.8 Å². The minimum absolute atomic E-state index is 0.293. The summed E-state index contributed by atoms with van der Waals surface area (Å²) in [4.78, 5) is 5.07. The van der Waals surface area contributed by atoms with Crippen LogP contribution in [0.4, 0.5) is 34.1 Å². The Morgan fingerprint density at radius 3 is 1.00 bits per heavy atom. The number of nitrogens with zero attached hydrogens (tertiary/aromatic N) is 2. The summed E-state index contributed by atoms with van der Waals surface area (Å²) in [5, 5.41) is 5.00. The van der Waals surface area contributed by atoms with E-state index in [9.17, 15) is 0 Å². The maximum Gasteiger partial charge on any atom is 0.252 e. The van der Waals surface area contributed by atoms with Gasteiger partial charge in [0.05, 0.1) is 11.4 Å². The van der Waals surface area contributed by atoms with Crippen LogP contribution in [-0.4, -0.2) is 6.71 Å². The zero-order valence-electron chi connectivity index (χ0n) is 45.4. The summed E-state index contributed by atoms with van der Waals surface area (Å²) >= 11 is 7.84. The van der Waals surface area contributed by atoms with Crippen molar-refractivity contribution in [2.45, 2.75) is 0 Å². The number of halogens is 1. The second-order valence-corrected chi connectivity index (χ2v) is 22.4. The molecule has 0 fully saturated rings. The van der Waals surface area contributed by atoms with E-state index in [1.165, 1.54) is 10.9 Å². The van der Waals surface area contributed by atoms with E-state index in [1.54, 1.807) is 0 Å². The minimum Gasteiger partial charge on any atom is -0.456 e. The van der Waals surface area contributed by atoms with Gasteiger partial charge in [0.15, 0.2) is 0 Å². The van der Waals surface area contributed by atoms with Gasteiger partial charge in [-0.25, -0.2) is 0 Å². The fourth-order valence-corrected chi connectivity index (χ4v) is 14.0. The zero-order chi connectivity index (χ0) is 55.4. The summed E-state index contributed by atoms with van der Waals surface area (Å²) in [6, 6.07) is 105. The molecule has 0 radical (unpaired) electrons. The van der Waals surface area contributed by atoms with Gasteiger partial charge < -0.3 is 18.6 Å². The van der Waals surface area contributed by atoms with Crippen LogP contribution in [0.5, 0.6) is 0 Å². The molecule has 0 bridgehead atoms. The summed E-state index contributed by atoms with van der Waals surface area (Å²) in [5.41, 5.74) is 26.5. The van der Waals surface area contributed by atoms with Crippen molar-refractivity contribution in [3.63, 3.8) is 0 Å². The number of fused-ring (bicyclic) bond motifs is 10. The van der Waals surface area contributed by atoms with E-state index < -0.39 is 0 Å². The number of rotatable bonds is 8. The number of para-hydroxylation sites is 4. The quantitative estimate of drug-likeness (QED) is 0.142. The second kappa shape index (κ2) is 19.3. The van der Waals surface area contributed by atoms with E-state index in [0.717, 1.165) is 150 Å². The molecule has 13 aromatic carbocycles. The van der Waals surface area contributed by atoms with Gasteiger partial charge in [-0.15, -0.1) is 0 Å². The summed E-state index contributed by atoms with van der Waals surface area (Å²) in [5.74, 6) is 0. The molecule has 0 N–H and O–H groups in total. The maximum atomic E-state index is 7.84. The van der Waals surface area contributed by atoms with Crippen molar-refractivity contribution >= 4 is 113 Å². The average Bonchev–Trinajstić information content (AvgIpc) is 1.06. The number of hydrogen-bond donors (Lipinski definition) is 0. The zero-order valence-corrected chi connectivity index (χ0v) is 46.1. The molecule has 2 aliphatic heterocycles. The van der Waals surface area contributed by atoms with Crippen LogP contribution in [0.2, 0.25) is 5.02 Å². The van der Waals surface area contributed by atoms with Crippen molar-refractivity contribution in [3.05, 3.63) is 296 Å². The highest BCUT2D eigenvalue weighted by Crippen LogP contribution is 2.54. The lowest BCUT2D eigenvalue weighted by molar-refractivity contribution is 0.668. The summed E-state index contributed by atoms with van der Waals surface area (Å²) in [6.07, 6.45) is 0. The van der Waals surface area contributed by atoms with Crippen LogP contribution in [0.25, 0.3) is 111 Å². The van der Waals surface area contributed by atoms with Crippen LogP contribution < -0.4 is 26.2 Å². The van der Waals surface area contributed by atoms with Crippen LogP contribution in [0.1, 0.15) is 0 Å².